The topological polar surface area (TPSA) is 93.1 Å². The average molecular weight is 287 g/mol. The lowest BCUT2D eigenvalue weighted by atomic mass is 10.0. The molecule has 2 atom stereocenters. The van der Waals surface area contributed by atoms with Gasteiger partial charge in [-0.05, 0) is 26.8 Å². The van der Waals surface area contributed by atoms with E-state index in [4.69, 9.17) is 10.2 Å². The Labute approximate surface area is 119 Å². The van der Waals surface area contributed by atoms with E-state index < -0.39 is 17.9 Å². The van der Waals surface area contributed by atoms with E-state index in [0.29, 0.717) is 19.6 Å². The molecule has 2 amide bonds. The summed E-state index contributed by atoms with van der Waals surface area (Å²) in [5.74, 6) is -1.53. The second-order valence-electron chi connectivity index (χ2n) is 5.27. The summed E-state index contributed by atoms with van der Waals surface area (Å²) in [7, 11) is 0. The highest BCUT2D eigenvalue weighted by Crippen LogP contribution is 2.06. The van der Waals surface area contributed by atoms with E-state index in [1.807, 2.05) is 0 Å². The van der Waals surface area contributed by atoms with Gasteiger partial charge >= 0.3 is 12.0 Å². The monoisotopic (exact) mass is 287 g/mol. The number of aliphatic hydroxyl groups is 1. The molecule has 0 aromatic carbocycles. The van der Waals surface area contributed by atoms with Crippen molar-refractivity contribution < 1.29 is 19.8 Å². The number of aliphatic hydroxyl groups excluding tert-OH is 1. The molecule has 0 saturated carbocycles. The number of hydrogen-bond donors (Lipinski definition) is 3. The lowest BCUT2D eigenvalue weighted by molar-refractivity contribution is -0.141. The minimum absolute atomic E-state index is 0.124. The Balaban J connectivity index is 2.45. The fraction of sp³-hybridized carbons (Fsp3) is 0.846. The third-order valence-corrected chi connectivity index (χ3v) is 3.78. The molecule has 7 heteroatoms. The first-order valence-electron chi connectivity index (χ1n) is 7.07. The molecule has 1 rings (SSSR count). The molecule has 1 fully saturated rings. The summed E-state index contributed by atoms with van der Waals surface area (Å²) >= 11 is 0. The third-order valence-electron chi connectivity index (χ3n) is 3.78. The maximum absolute atomic E-state index is 12.1. The van der Waals surface area contributed by atoms with Crippen molar-refractivity contribution in [1.82, 2.24) is 15.1 Å². The second kappa shape index (κ2) is 8.06. The van der Waals surface area contributed by atoms with Crippen LogP contribution in [0.5, 0.6) is 0 Å². The van der Waals surface area contributed by atoms with Gasteiger partial charge in [0.1, 0.15) is 0 Å². The van der Waals surface area contributed by atoms with Gasteiger partial charge < -0.3 is 20.4 Å². The zero-order chi connectivity index (χ0) is 15.1. The summed E-state index contributed by atoms with van der Waals surface area (Å²) in [5.41, 5.74) is 0. The van der Waals surface area contributed by atoms with E-state index in [-0.39, 0.29) is 12.6 Å². The standard InChI is InChI=1S/C13H25N3O4/c1-10(12(18)19)11(2)14-13(20)16-5-3-4-15(6-7-16)8-9-17/h10-11,17H,3-9H2,1-2H3,(H,14,20)(H,18,19). The number of carboxylic acids is 1. The van der Waals surface area contributed by atoms with Crippen molar-refractivity contribution in [3.05, 3.63) is 0 Å². The highest BCUT2D eigenvalue weighted by Gasteiger charge is 2.24. The summed E-state index contributed by atoms with van der Waals surface area (Å²) in [4.78, 5) is 26.8. The minimum Gasteiger partial charge on any atom is -0.481 e. The van der Waals surface area contributed by atoms with E-state index >= 15 is 0 Å². The van der Waals surface area contributed by atoms with Crippen molar-refractivity contribution in [3.63, 3.8) is 0 Å². The van der Waals surface area contributed by atoms with Crippen LogP contribution in [0.2, 0.25) is 0 Å². The highest BCUT2D eigenvalue weighted by atomic mass is 16.4. The van der Waals surface area contributed by atoms with Gasteiger partial charge in [-0.3, -0.25) is 9.69 Å². The summed E-state index contributed by atoms with van der Waals surface area (Å²) in [6.07, 6.45) is 0.857. The van der Waals surface area contributed by atoms with Crippen LogP contribution in [0, 0.1) is 5.92 Å². The van der Waals surface area contributed by atoms with Gasteiger partial charge in [0.25, 0.3) is 0 Å². The number of carbonyl (C=O) groups is 2. The Kier molecular flexibility index (Phi) is 6.74. The largest absolute Gasteiger partial charge is 0.481 e. The van der Waals surface area contributed by atoms with Gasteiger partial charge in [0, 0.05) is 32.2 Å². The third kappa shape index (κ3) is 4.97. The number of nitrogens with zero attached hydrogens (tertiary/aromatic N) is 2. The average Bonchev–Trinajstić information content (AvgIpc) is 2.63. The van der Waals surface area contributed by atoms with E-state index in [9.17, 15) is 9.59 Å². The van der Waals surface area contributed by atoms with Gasteiger partial charge in [-0.25, -0.2) is 4.79 Å². The molecular weight excluding hydrogens is 262 g/mol. The zero-order valence-corrected chi connectivity index (χ0v) is 12.2. The first kappa shape index (κ1) is 16.7. The molecule has 116 valence electrons. The normalized spacial score (nSPS) is 20.1. The van der Waals surface area contributed by atoms with E-state index in [2.05, 4.69) is 10.2 Å². The number of amides is 2. The molecule has 1 aliphatic heterocycles. The molecular formula is C13H25N3O4. The predicted octanol–water partition coefficient (Wildman–Crippen LogP) is -0.195. The molecule has 0 spiro atoms. The number of aliphatic carboxylic acids is 1. The van der Waals surface area contributed by atoms with Crippen LogP contribution in [0.15, 0.2) is 0 Å². The van der Waals surface area contributed by atoms with Gasteiger partial charge in [0.15, 0.2) is 0 Å². The number of carboxylic acid groups (broad SMARTS) is 1. The van der Waals surface area contributed by atoms with Crippen LogP contribution >= 0.6 is 0 Å². The zero-order valence-electron chi connectivity index (χ0n) is 12.2. The Morgan fingerprint density at radius 2 is 1.90 bits per heavy atom. The Morgan fingerprint density at radius 1 is 1.20 bits per heavy atom. The smallest absolute Gasteiger partial charge is 0.317 e. The quantitative estimate of drug-likeness (QED) is 0.651. The van der Waals surface area contributed by atoms with Crippen LogP contribution in [0.4, 0.5) is 4.79 Å². The molecule has 1 heterocycles. The number of rotatable bonds is 5. The molecule has 0 aromatic rings. The SMILES string of the molecule is CC(NC(=O)N1CCCN(CCO)CC1)C(C)C(=O)O. The van der Waals surface area contributed by atoms with Crippen molar-refractivity contribution in [2.24, 2.45) is 5.92 Å². The van der Waals surface area contributed by atoms with Crippen LogP contribution in [0.3, 0.4) is 0 Å². The molecule has 1 saturated heterocycles. The van der Waals surface area contributed by atoms with Crippen LogP contribution in [-0.4, -0.2) is 77.4 Å². The first-order chi connectivity index (χ1) is 9.45. The summed E-state index contributed by atoms with van der Waals surface area (Å²) in [6, 6.07) is -0.617. The lowest BCUT2D eigenvalue weighted by Crippen LogP contribution is -2.48. The van der Waals surface area contributed by atoms with E-state index in [1.54, 1.807) is 18.7 Å². The number of carbonyl (C=O) groups excluding carboxylic acids is 1. The number of nitrogens with one attached hydrogen (secondary N) is 1. The van der Waals surface area contributed by atoms with Crippen LogP contribution in [-0.2, 0) is 4.79 Å². The molecule has 1 aliphatic rings. The molecule has 3 N–H and O–H groups in total. The lowest BCUT2D eigenvalue weighted by Gasteiger charge is -2.25. The van der Waals surface area contributed by atoms with Gasteiger partial charge in [-0.2, -0.15) is 0 Å². The summed E-state index contributed by atoms with van der Waals surface area (Å²) in [5, 5.41) is 20.6. The van der Waals surface area contributed by atoms with Crippen molar-refractivity contribution in [1.29, 1.82) is 0 Å². The number of β-amino-alcohol motifs (C(OH)–C–C–N with tert-alkyl or cyclic N) is 1. The van der Waals surface area contributed by atoms with Crippen molar-refractivity contribution >= 4 is 12.0 Å². The second-order valence-corrected chi connectivity index (χ2v) is 5.27. The maximum atomic E-state index is 12.1. The van der Waals surface area contributed by atoms with Crippen molar-refractivity contribution in [3.8, 4) is 0 Å². The predicted molar refractivity (Wildman–Crippen MR) is 74.5 cm³/mol. The van der Waals surface area contributed by atoms with E-state index in [1.165, 1.54) is 0 Å². The molecule has 20 heavy (non-hydrogen) atoms. The van der Waals surface area contributed by atoms with Crippen molar-refractivity contribution in [2.75, 3.05) is 39.3 Å². The van der Waals surface area contributed by atoms with Gasteiger partial charge in [0.2, 0.25) is 0 Å². The van der Waals surface area contributed by atoms with Crippen LogP contribution in [0.25, 0.3) is 0 Å². The number of hydrogen-bond acceptors (Lipinski definition) is 4. The first-order valence-corrected chi connectivity index (χ1v) is 7.07. The Hall–Kier alpha value is -1.34. The maximum Gasteiger partial charge on any atom is 0.317 e. The number of urea groups is 1. The highest BCUT2D eigenvalue weighted by molar-refractivity contribution is 5.76. The fourth-order valence-corrected chi connectivity index (χ4v) is 2.16. The van der Waals surface area contributed by atoms with Crippen LogP contribution in [0.1, 0.15) is 20.3 Å². The van der Waals surface area contributed by atoms with Crippen molar-refractivity contribution in [2.45, 2.75) is 26.3 Å². The summed E-state index contributed by atoms with van der Waals surface area (Å²) in [6.45, 7) is 6.89. The molecule has 0 aromatic heterocycles. The minimum atomic E-state index is -0.914. The van der Waals surface area contributed by atoms with Gasteiger partial charge in [-0.1, -0.05) is 0 Å². The summed E-state index contributed by atoms with van der Waals surface area (Å²) < 4.78 is 0. The molecule has 0 radical (unpaired) electrons. The molecule has 7 nitrogen and oxygen atoms in total. The van der Waals surface area contributed by atoms with Crippen LogP contribution < -0.4 is 5.32 Å². The molecule has 2 unspecified atom stereocenters. The van der Waals surface area contributed by atoms with Gasteiger partial charge in [0.05, 0.1) is 12.5 Å². The Bertz CT molecular complexity index is 338. The Morgan fingerprint density at radius 3 is 2.50 bits per heavy atom. The molecule has 0 aliphatic carbocycles. The molecule has 0 bridgehead atoms. The fourth-order valence-electron chi connectivity index (χ4n) is 2.16. The van der Waals surface area contributed by atoms with Gasteiger partial charge in [-0.15, -0.1) is 0 Å². The van der Waals surface area contributed by atoms with E-state index in [0.717, 1.165) is 19.5 Å².